The molecule has 1 amide bonds. The Bertz CT molecular complexity index is 489. The van der Waals surface area contributed by atoms with Crippen LogP contribution in [-0.4, -0.2) is 30.4 Å². The Hall–Kier alpha value is -2.09. The largest absolute Gasteiger partial charge is 0.375 e. The van der Waals surface area contributed by atoms with Gasteiger partial charge in [-0.05, 0) is 25.0 Å². The molecule has 0 atom stereocenters. The first-order chi connectivity index (χ1) is 8.72. The lowest BCUT2D eigenvalue weighted by Crippen LogP contribution is -2.33. The maximum absolute atomic E-state index is 13.3. The van der Waals surface area contributed by atoms with Gasteiger partial charge >= 0.3 is 0 Å². The highest BCUT2D eigenvalue weighted by Crippen LogP contribution is 2.17. The number of amides is 1. The van der Waals surface area contributed by atoms with Crippen LogP contribution in [0.5, 0.6) is 0 Å². The van der Waals surface area contributed by atoms with Crippen LogP contribution in [0.3, 0.4) is 0 Å². The molecule has 94 valence electrons. The van der Waals surface area contributed by atoms with Crippen LogP contribution in [0.15, 0.2) is 18.2 Å². The van der Waals surface area contributed by atoms with Crippen molar-refractivity contribution < 1.29 is 9.18 Å². The Morgan fingerprint density at radius 1 is 1.44 bits per heavy atom. The predicted molar refractivity (Wildman–Crippen MR) is 65.4 cm³/mol. The Balaban J connectivity index is 2.00. The van der Waals surface area contributed by atoms with Crippen molar-refractivity contribution in [1.82, 2.24) is 4.90 Å². The average molecular weight is 247 g/mol. The van der Waals surface area contributed by atoms with E-state index >= 15 is 0 Å². The van der Waals surface area contributed by atoms with Crippen molar-refractivity contribution in [3.8, 4) is 6.07 Å². The lowest BCUT2D eigenvalue weighted by molar-refractivity contribution is -0.128. The minimum Gasteiger partial charge on any atom is -0.375 e. The van der Waals surface area contributed by atoms with Crippen LogP contribution in [0, 0.1) is 17.1 Å². The van der Waals surface area contributed by atoms with E-state index in [0.29, 0.717) is 5.69 Å². The van der Waals surface area contributed by atoms with Crippen molar-refractivity contribution >= 4 is 11.6 Å². The molecule has 18 heavy (non-hydrogen) atoms. The molecule has 5 heteroatoms. The molecule has 1 saturated heterocycles. The summed E-state index contributed by atoms with van der Waals surface area (Å²) in [4.78, 5) is 13.6. The van der Waals surface area contributed by atoms with Gasteiger partial charge in [0.15, 0.2) is 0 Å². The summed E-state index contributed by atoms with van der Waals surface area (Å²) in [5, 5.41) is 11.7. The molecule has 0 radical (unpaired) electrons. The molecular formula is C13H14FN3O. The highest BCUT2D eigenvalue weighted by Gasteiger charge is 2.18. The molecule has 0 aliphatic carbocycles. The lowest BCUT2D eigenvalue weighted by Gasteiger charge is -2.16. The fourth-order valence-electron chi connectivity index (χ4n) is 2.03. The highest BCUT2D eigenvalue weighted by molar-refractivity contribution is 5.81. The van der Waals surface area contributed by atoms with E-state index in [0.717, 1.165) is 25.9 Å². The maximum Gasteiger partial charge on any atom is 0.241 e. The summed E-state index contributed by atoms with van der Waals surface area (Å²) in [6.45, 7) is 1.67. The normalized spacial score (nSPS) is 14.3. The number of nitriles is 1. The molecule has 1 aliphatic rings. The van der Waals surface area contributed by atoms with Crippen molar-refractivity contribution in [1.29, 1.82) is 5.26 Å². The van der Waals surface area contributed by atoms with Gasteiger partial charge in [-0.15, -0.1) is 0 Å². The summed E-state index contributed by atoms with van der Waals surface area (Å²) in [7, 11) is 0. The Labute approximate surface area is 105 Å². The van der Waals surface area contributed by atoms with E-state index in [2.05, 4.69) is 5.32 Å². The number of nitrogens with zero attached hydrogens (tertiary/aromatic N) is 2. The number of anilines is 1. The molecule has 0 unspecified atom stereocenters. The quantitative estimate of drug-likeness (QED) is 0.885. The fraction of sp³-hybridized carbons (Fsp3) is 0.385. The molecule has 1 aromatic carbocycles. The van der Waals surface area contributed by atoms with Gasteiger partial charge in [0.1, 0.15) is 17.4 Å². The van der Waals surface area contributed by atoms with Gasteiger partial charge in [-0.3, -0.25) is 4.79 Å². The fourth-order valence-corrected chi connectivity index (χ4v) is 2.03. The minimum absolute atomic E-state index is 0.0133. The first-order valence-corrected chi connectivity index (χ1v) is 5.92. The summed E-state index contributed by atoms with van der Waals surface area (Å²) >= 11 is 0. The molecule has 0 bridgehead atoms. The molecule has 1 N–H and O–H groups in total. The lowest BCUT2D eigenvalue weighted by atomic mass is 10.2. The molecule has 1 aromatic rings. The van der Waals surface area contributed by atoms with Crippen LogP contribution in [0.25, 0.3) is 0 Å². The molecule has 0 saturated carbocycles. The zero-order valence-corrected chi connectivity index (χ0v) is 9.95. The third-order valence-corrected chi connectivity index (χ3v) is 3.01. The summed E-state index contributed by atoms with van der Waals surface area (Å²) in [5.74, 6) is -0.586. The molecule has 0 aromatic heterocycles. The monoisotopic (exact) mass is 247 g/mol. The number of likely N-dealkylation sites (tertiary alicyclic amines) is 1. The van der Waals surface area contributed by atoms with Crippen molar-refractivity contribution in [2.45, 2.75) is 12.8 Å². The Morgan fingerprint density at radius 3 is 2.83 bits per heavy atom. The van der Waals surface area contributed by atoms with Gasteiger partial charge in [0, 0.05) is 13.1 Å². The number of nitrogens with one attached hydrogen (secondary N) is 1. The van der Waals surface area contributed by atoms with Gasteiger partial charge in [-0.25, -0.2) is 4.39 Å². The molecular weight excluding hydrogens is 233 g/mol. The number of hydrogen-bond acceptors (Lipinski definition) is 3. The zero-order valence-electron chi connectivity index (χ0n) is 9.95. The third-order valence-electron chi connectivity index (χ3n) is 3.01. The summed E-state index contributed by atoms with van der Waals surface area (Å²) in [6, 6.07) is 6.13. The van der Waals surface area contributed by atoms with E-state index in [1.807, 2.05) is 0 Å². The molecule has 4 nitrogen and oxygen atoms in total. The van der Waals surface area contributed by atoms with Gasteiger partial charge in [-0.2, -0.15) is 5.26 Å². The minimum atomic E-state index is -0.573. The number of hydrogen-bond donors (Lipinski definition) is 1. The average Bonchev–Trinajstić information content (AvgIpc) is 2.90. The number of carbonyl (C=O) groups excluding carboxylic acids is 1. The van der Waals surface area contributed by atoms with E-state index in [4.69, 9.17) is 5.26 Å². The van der Waals surface area contributed by atoms with Crippen LogP contribution in [-0.2, 0) is 4.79 Å². The second-order valence-corrected chi connectivity index (χ2v) is 4.22. The summed E-state index contributed by atoms with van der Waals surface area (Å²) in [6.07, 6.45) is 2.07. The van der Waals surface area contributed by atoms with E-state index in [9.17, 15) is 9.18 Å². The van der Waals surface area contributed by atoms with E-state index in [1.54, 1.807) is 17.0 Å². The van der Waals surface area contributed by atoms with Crippen molar-refractivity contribution in [2.75, 3.05) is 25.0 Å². The first-order valence-electron chi connectivity index (χ1n) is 5.92. The van der Waals surface area contributed by atoms with Gasteiger partial charge < -0.3 is 10.2 Å². The van der Waals surface area contributed by atoms with E-state index < -0.39 is 5.82 Å². The number of rotatable bonds is 3. The SMILES string of the molecule is N#Cc1c(F)cccc1NCC(=O)N1CCCC1. The van der Waals surface area contributed by atoms with Crippen LogP contribution in [0.1, 0.15) is 18.4 Å². The Kier molecular flexibility index (Phi) is 3.78. The van der Waals surface area contributed by atoms with E-state index in [1.165, 1.54) is 12.1 Å². The van der Waals surface area contributed by atoms with Gasteiger partial charge in [0.25, 0.3) is 0 Å². The van der Waals surface area contributed by atoms with E-state index in [-0.39, 0.29) is 18.0 Å². The van der Waals surface area contributed by atoms with Crippen molar-refractivity contribution in [3.05, 3.63) is 29.6 Å². The number of halogens is 1. The van der Waals surface area contributed by atoms with Crippen LogP contribution >= 0.6 is 0 Å². The van der Waals surface area contributed by atoms with Crippen LogP contribution in [0.4, 0.5) is 10.1 Å². The topological polar surface area (TPSA) is 56.1 Å². The molecule has 1 fully saturated rings. The molecule has 0 spiro atoms. The summed E-state index contributed by atoms with van der Waals surface area (Å²) in [5.41, 5.74) is 0.316. The highest BCUT2D eigenvalue weighted by atomic mass is 19.1. The van der Waals surface area contributed by atoms with Gasteiger partial charge in [0.05, 0.1) is 12.2 Å². The number of benzene rings is 1. The third kappa shape index (κ3) is 2.59. The first kappa shape index (κ1) is 12.4. The van der Waals surface area contributed by atoms with Crippen LogP contribution in [0.2, 0.25) is 0 Å². The zero-order chi connectivity index (χ0) is 13.0. The van der Waals surface area contributed by atoms with Crippen molar-refractivity contribution in [3.63, 3.8) is 0 Å². The van der Waals surface area contributed by atoms with Crippen molar-refractivity contribution in [2.24, 2.45) is 0 Å². The Morgan fingerprint density at radius 2 is 2.17 bits per heavy atom. The molecule has 1 heterocycles. The molecule has 1 aliphatic heterocycles. The van der Waals surface area contributed by atoms with Gasteiger partial charge in [0.2, 0.25) is 5.91 Å². The maximum atomic E-state index is 13.3. The summed E-state index contributed by atoms with van der Waals surface area (Å²) < 4.78 is 13.3. The smallest absolute Gasteiger partial charge is 0.241 e. The second kappa shape index (κ2) is 5.50. The standard InChI is InChI=1S/C13H14FN3O/c14-11-4-3-5-12(10(11)8-15)16-9-13(18)17-6-1-2-7-17/h3-5,16H,1-2,6-7,9H2. The van der Waals surface area contributed by atoms with Gasteiger partial charge in [-0.1, -0.05) is 6.07 Å². The number of carbonyl (C=O) groups is 1. The molecule has 2 rings (SSSR count). The second-order valence-electron chi connectivity index (χ2n) is 4.22. The van der Waals surface area contributed by atoms with Crippen LogP contribution < -0.4 is 5.32 Å². The predicted octanol–water partition coefficient (Wildman–Crippen LogP) is 1.73.